The maximum Gasteiger partial charge on any atom is 0.341 e. The number of rotatable bonds is 5. The summed E-state index contributed by atoms with van der Waals surface area (Å²) in [4.78, 5) is 10.5. The number of ether oxygens (including phenoxy) is 1. The molecule has 4 nitrogen and oxygen atoms in total. The Morgan fingerprint density at radius 3 is 2.19 bits per heavy atom. The van der Waals surface area contributed by atoms with E-state index in [4.69, 9.17) is 33.0 Å². The van der Waals surface area contributed by atoms with E-state index < -0.39 is 12.6 Å². The Kier molecular flexibility index (Phi) is 4.94. The van der Waals surface area contributed by atoms with Crippen molar-refractivity contribution in [2.45, 2.75) is 6.42 Å². The van der Waals surface area contributed by atoms with Gasteiger partial charge in [-0.1, -0.05) is 35.3 Å². The number of benzene rings is 2. The predicted octanol–water partition coefficient (Wildman–Crippen LogP) is 3.75. The zero-order chi connectivity index (χ0) is 15.4. The fraction of sp³-hybridized carbons (Fsp3) is 0.133. The van der Waals surface area contributed by atoms with Crippen molar-refractivity contribution in [2.75, 3.05) is 6.61 Å². The molecule has 0 saturated heterocycles. The van der Waals surface area contributed by atoms with Gasteiger partial charge in [-0.25, -0.2) is 4.79 Å². The lowest BCUT2D eigenvalue weighted by molar-refractivity contribution is -0.139. The number of aliphatic carboxylic acids is 1. The molecule has 2 rings (SSSR count). The molecule has 0 unspecified atom stereocenters. The first-order valence-corrected chi connectivity index (χ1v) is 6.81. The first kappa shape index (κ1) is 15.5. The van der Waals surface area contributed by atoms with Gasteiger partial charge in [-0.15, -0.1) is 0 Å². The van der Waals surface area contributed by atoms with Crippen LogP contribution in [0.3, 0.4) is 0 Å². The molecule has 0 fully saturated rings. The van der Waals surface area contributed by atoms with Crippen molar-refractivity contribution in [3.63, 3.8) is 0 Å². The van der Waals surface area contributed by atoms with Crippen LogP contribution in [0.25, 0.3) is 0 Å². The highest BCUT2D eigenvalue weighted by Gasteiger charge is 2.11. The Labute approximate surface area is 131 Å². The minimum Gasteiger partial charge on any atom is -0.508 e. The minimum atomic E-state index is -1.07. The quantitative estimate of drug-likeness (QED) is 0.878. The van der Waals surface area contributed by atoms with Gasteiger partial charge in [0.15, 0.2) is 6.61 Å². The molecule has 21 heavy (non-hydrogen) atoms. The molecule has 0 spiro atoms. The molecule has 0 aliphatic heterocycles. The number of carbonyl (C=O) groups is 1. The summed E-state index contributed by atoms with van der Waals surface area (Å²) in [5.74, 6) is -0.578. The third kappa shape index (κ3) is 4.28. The van der Waals surface area contributed by atoms with Crippen LogP contribution in [-0.4, -0.2) is 22.8 Å². The molecule has 0 saturated carbocycles. The third-order valence-electron chi connectivity index (χ3n) is 2.79. The van der Waals surface area contributed by atoms with E-state index in [-0.39, 0.29) is 5.75 Å². The van der Waals surface area contributed by atoms with E-state index in [0.29, 0.717) is 27.8 Å². The number of carboxylic acid groups (broad SMARTS) is 1. The molecule has 0 aromatic heterocycles. The van der Waals surface area contributed by atoms with Gasteiger partial charge in [0.05, 0.1) is 0 Å². The zero-order valence-corrected chi connectivity index (χ0v) is 12.4. The van der Waals surface area contributed by atoms with Crippen LogP contribution in [0.15, 0.2) is 36.4 Å². The van der Waals surface area contributed by atoms with Gasteiger partial charge in [-0.2, -0.15) is 0 Å². The molecule has 110 valence electrons. The van der Waals surface area contributed by atoms with Crippen LogP contribution in [0.1, 0.15) is 11.1 Å². The summed E-state index contributed by atoms with van der Waals surface area (Å²) in [6, 6.07) is 9.79. The van der Waals surface area contributed by atoms with Crippen LogP contribution in [0, 0.1) is 0 Å². The van der Waals surface area contributed by atoms with Gasteiger partial charge in [-0.05, 0) is 35.4 Å². The van der Waals surface area contributed by atoms with Gasteiger partial charge in [0.25, 0.3) is 0 Å². The van der Waals surface area contributed by atoms with Crippen LogP contribution in [0.4, 0.5) is 0 Å². The van der Waals surface area contributed by atoms with Gasteiger partial charge in [-0.3, -0.25) is 0 Å². The van der Waals surface area contributed by atoms with Crippen LogP contribution in [0.2, 0.25) is 10.0 Å². The van der Waals surface area contributed by atoms with E-state index in [9.17, 15) is 9.90 Å². The van der Waals surface area contributed by atoms with Crippen molar-refractivity contribution in [1.82, 2.24) is 0 Å². The van der Waals surface area contributed by atoms with Crippen molar-refractivity contribution in [1.29, 1.82) is 0 Å². The van der Waals surface area contributed by atoms with Gasteiger partial charge in [0.2, 0.25) is 0 Å². The topological polar surface area (TPSA) is 66.8 Å². The zero-order valence-electron chi connectivity index (χ0n) is 10.8. The highest BCUT2D eigenvalue weighted by molar-refractivity contribution is 6.36. The number of hydrogen-bond donors (Lipinski definition) is 2. The molecule has 0 heterocycles. The fourth-order valence-corrected chi connectivity index (χ4v) is 2.40. The van der Waals surface area contributed by atoms with Gasteiger partial charge < -0.3 is 14.9 Å². The highest BCUT2D eigenvalue weighted by Crippen LogP contribution is 2.32. The second-order valence-electron chi connectivity index (χ2n) is 4.39. The molecule has 0 amide bonds. The van der Waals surface area contributed by atoms with E-state index in [2.05, 4.69) is 0 Å². The number of phenols is 1. The van der Waals surface area contributed by atoms with Crippen molar-refractivity contribution >= 4 is 29.2 Å². The smallest absolute Gasteiger partial charge is 0.341 e. The number of hydrogen-bond acceptors (Lipinski definition) is 3. The SMILES string of the molecule is O=C(O)COc1cc(Cl)c(Cc2ccc(O)cc2)c(Cl)c1. The Bertz CT molecular complexity index is 630. The molecule has 0 aliphatic rings. The van der Waals surface area contributed by atoms with Gasteiger partial charge in [0, 0.05) is 16.5 Å². The summed E-state index contributed by atoms with van der Waals surface area (Å²) in [5, 5.41) is 18.6. The van der Waals surface area contributed by atoms with E-state index in [1.807, 2.05) is 0 Å². The van der Waals surface area contributed by atoms with Crippen LogP contribution in [-0.2, 0) is 11.2 Å². The number of aromatic hydroxyl groups is 1. The fourth-order valence-electron chi connectivity index (χ4n) is 1.79. The lowest BCUT2D eigenvalue weighted by atomic mass is 10.0. The maximum atomic E-state index is 10.5. The second kappa shape index (κ2) is 6.70. The molecular formula is C15H12Cl2O4. The van der Waals surface area contributed by atoms with Crippen molar-refractivity contribution in [2.24, 2.45) is 0 Å². The standard InChI is InChI=1S/C15H12Cl2O4/c16-13-6-11(21-8-15(19)20)7-14(17)12(13)5-9-1-3-10(18)4-2-9/h1-4,6-7,18H,5,8H2,(H,19,20). The summed E-state index contributed by atoms with van der Waals surface area (Å²) in [6.07, 6.45) is 0.497. The van der Waals surface area contributed by atoms with Crippen molar-refractivity contribution in [3.8, 4) is 11.5 Å². The van der Waals surface area contributed by atoms with E-state index in [1.165, 1.54) is 12.1 Å². The van der Waals surface area contributed by atoms with E-state index in [1.54, 1.807) is 24.3 Å². The normalized spacial score (nSPS) is 10.4. The summed E-state index contributed by atoms with van der Waals surface area (Å²) < 4.78 is 5.05. The largest absolute Gasteiger partial charge is 0.508 e. The molecule has 0 atom stereocenters. The lowest BCUT2D eigenvalue weighted by Crippen LogP contribution is -2.09. The third-order valence-corrected chi connectivity index (χ3v) is 3.47. The first-order chi connectivity index (χ1) is 9.95. The molecule has 2 aromatic carbocycles. The Hall–Kier alpha value is -1.91. The first-order valence-electron chi connectivity index (χ1n) is 6.06. The molecular weight excluding hydrogens is 315 g/mol. The summed E-state index contributed by atoms with van der Waals surface area (Å²) in [6.45, 7) is -0.454. The second-order valence-corrected chi connectivity index (χ2v) is 5.21. The molecule has 0 radical (unpaired) electrons. The monoisotopic (exact) mass is 326 g/mol. The summed E-state index contributed by atoms with van der Waals surface area (Å²) in [7, 11) is 0. The highest BCUT2D eigenvalue weighted by atomic mass is 35.5. The number of halogens is 2. The number of phenolic OH excluding ortho intramolecular Hbond substituents is 1. The average molecular weight is 327 g/mol. The Morgan fingerprint density at radius 1 is 1.10 bits per heavy atom. The van der Waals surface area contributed by atoms with Crippen molar-refractivity contribution in [3.05, 3.63) is 57.6 Å². The predicted molar refractivity (Wildman–Crippen MR) is 80.5 cm³/mol. The molecule has 2 N–H and O–H groups in total. The minimum absolute atomic E-state index is 0.188. The summed E-state index contributed by atoms with van der Waals surface area (Å²) in [5.41, 5.74) is 1.66. The maximum absolute atomic E-state index is 10.5. The van der Waals surface area contributed by atoms with E-state index >= 15 is 0 Å². The van der Waals surface area contributed by atoms with Crippen LogP contribution < -0.4 is 4.74 Å². The Balaban J connectivity index is 2.20. The Morgan fingerprint density at radius 2 is 1.67 bits per heavy atom. The molecule has 2 aromatic rings. The summed E-state index contributed by atoms with van der Waals surface area (Å²) >= 11 is 12.3. The number of carboxylic acids is 1. The van der Waals surface area contributed by atoms with Crippen LogP contribution >= 0.6 is 23.2 Å². The molecule has 0 aliphatic carbocycles. The van der Waals surface area contributed by atoms with Crippen molar-refractivity contribution < 1.29 is 19.7 Å². The van der Waals surface area contributed by atoms with Crippen LogP contribution in [0.5, 0.6) is 11.5 Å². The average Bonchev–Trinajstić information content (AvgIpc) is 2.42. The molecule has 6 heteroatoms. The lowest BCUT2D eigenvalue weighted by Gasteiger charge is -2.11. The molecule has 0 bridgehead atoms. The van der Waals surface area contributed by atoms with E-state index in [0.717, 1.165) is 5.56 Å². The van der Waals surface area contributed by atoms with Gasteiger partial charge in [0.1, 0.15) is 11.5 Å². The van der Waals surface area contributed by atoms with Gasteiger partial charge >= 0.3 is 5.97 Å².